The van der Waals surface area contributed by atoms with Crippen molar-refractivity contribution in [2.75, 3.05) is 13.1 Å². The molecule has 2 heterocycles. The number of Topliss-reactive ketones (excluding diaryl/α,β-unsaturated/α-hetero) is 1. The number of hydrogen-bond acceptors (Lipinski definition) is 4. The molecular formula is C9H12N2O2. The second-order valence-corrected chi connectivity index (χ2v) is 3.32. The fraction of sp³-hybridized carbons (Fsp3) is 0.556. The van der Waals surface area contributed by atoms with Crippen molar-refractivity contribution >= 4 is 12.0 Å². The van der Waals surface area contributed by atoms with Gasteiger partial charge in [0.1, 0.15) is 5.70 Å². The van der Waals surface area contributed by atoms with Crippen LogP contribution in [0.1, 0.15) is 12.8 Å². The lowest BCUT2D eigenvalue weighted by molar-refractivity contribution is -0.121. The van der Waals surface area contributed by atoms with Crippen LogP contribution in [0.5, 0.6) is 0 Å². The van der Waals surface area contributed by atoms with Gasteiger partial charge in [-0.2, -0.15) is 0 Å². The summed E-state index contributed by atoms with van der Waals surface area (Å²) in [4.78, 5) is 17.3. The lowest BCUT2D eigenvalue weighted by Gasteiger charge is -2.22. The number of rotatable bonds is 1. The van der Waals surface area contributed by atoms with Crippen LogP contribution in [0.4, 0.5) is 0 Å². The molecule has 1 atom stereocenters. The maximum Gasteiger partial charge on any atom is 0.214 e. The standard InChI is InChI=1S/C9H12N2O2/c12-8-6-10-5-7(9(8)13)11-3-1-2-4-11/h5-6,8,12H,1-4H2. The highest BCUT2D eigenvalue weighted by molar-refractivity contribution is 6.09. The third-order valence-corrected chi connectivity index (χ3v) is 2.39. The van der Waals surface area contributed by atoms with Gasteiger partial charge in [0, 0.05) is 19.3 Å². The van der Waals surface area contributed by atoms with Gasteiger partial charge in [0.2, 0.25) is 5.78 Å². The molecule has 2 aliphatic rings. The van der Waals surface area contributed by atoms with E-state index in [0.717, 1.165) is 25.9 Å². The van der Waals surface area contributed by atoms with Gasteiger partial charge < -0.3 is 10.0 Å². The quantitative estimate of drug-likeness (QED) is 0.615. The molecule has 0 aromatic carbocycles. The van der Waals surface area contributed by atoms with Crippen molar-refractivity contribution in [3.8, 4) is 0 Å². The third-order valence-electron chi connectivity index (χ3n) is 2.39. The van der Waals surface area contributed by atoms with E-state index in [0.29, 0.717) is 5.70 Å². The van der Waals surface area contributed by atoms with Crippen LogP contribution in [0, 0.1) is 0 Å². The number of hydrogen-bond donors (Lipinski definition) is 1. The highest BCUT2D eigenvalue weighted by atomic mass is 16.3. The SMILES string of the molecule is O=C1C(N2CCCC2)=CN=CC1O. The zero-order chi connectivity index (χ0) is 9.26. The van der Waals surface area contributed by atoms with E-state index >= 15 is 0 Å². The molecule has 1 fully saturated rings. The Morgan fingerprint density at radius 1 is 1.46 bits per heavy atom. The molecule has 0 amide bonds. The third kappa shape index (κ3) is 1.49. The van der Waals surface area contributed by atoms with Crippen molar-refractivity contribution in [3.63, 3.8) is 0 Å². The molecule has 1 N–H and O–H groups in total. The van der Waals surface area contributed by atoms with Crippen molar-refractivity contribution in [1.29, 1.82) is 0 Å². The molecule has 70 valence electrons. The van der Waals surface area contributed by atoms with Gasteiger partial charge in [0.15, 0.2) is 6.10 Å². The van der Waals surface area contributed by atoms with Crippen LogP contribution in [-0.4, -0.2) is 41.2 Å². The van der Waals surface area contributed by atoms with Gasteiger partial charge in [-0.1, -0.05) is 0 Å². The Morgan fingerprint density at radius 2 is 2.15 bits per heavy atom. The van der Waals surface area contributed by atoms with Crippen molar-refractivity contribution in [2.45, 2.75) is 18.9 Å². The van der Waals surface area contributed by atoms with Crippen LogP contribution < -0.4 is 0 Å². The average molecular weight is 180 g/mol. The van der Waals surface area contributed by atoms with Crippen molar-refractivity contribution in [3.05, 3.63) is 11.9 Å². The number of likely N-dealkylation sites (tertiary alicyclic amines) is 1. The molecule has 2 aliphatic heterocycles. The highest BCUT2D eigenvalue weighted by Gasteiger charge is 2.26. The summed E-state index contributed by atoms with van der Waals surface area (Å²) in [5, 5.41) is 9.24. The minimum Gasteiger partial charge on any atom is -0.379 e. The zero-order valence-electron chi connectivity index (χ0n) is 7.31. The van der Waals surface area contributed by atoms with E-state index in [1.165, 1.54) is 6.21 Å². The molecule has 0 aromatic rings. The van der Waals surface area contributed by atoms with E-state index in [1.54, 1.807) is 6.20 Å². The highest BCUT2D eigenvalue weighted by Crippen LogP contribution is 2.18. The summed E-state index contributed by atoms with van der Waals surface area (Å²) < 4.78 is 0. The second-order valence-electron chi connectivity index (χ2n) is 3.32. The molecule has 2 rings (SSSR count). The Kier molecular flexibility index (Phi) is 2.14. The fourth-order valence-electron chi connectivity index (χ4n) is 1.67. The summed E-state index contributed by atoms with van der Waals surface area (Å²) in [5.41, 5.74) is 0.563. The molecule has 0 saturated carbocycles. The van der Waals surface area contributed by atoms with Crippen LogP contribution in [0.3, 0.4) is 0 Å². The molecule has 1 saturated heterocycles. The number of carbonyl (C=O) groups is 1. The zero-order valence-corrected chi connectivity index (χ0v) is 7.31. The molecule has 0 aromatic heterocycles. The first kappa shape index (κ1) is 8.44. The van der Waals surface area contributed by atoms with Gasteiger partial charge in [-0.3, -0.25) is 9.79 Å². The number of carbonyl (C=O) groups excluding carboxylic acids is 1. The largest absolute Gasteiger partial charge is 0.379 e. The van der Waals surface area contributed by atoms with Gasteiger partial charge in [0.05, 0.1) is 6.20 Å². The topological polar surface area (TPSA) is 52.9 Å². The number of aliphatic hydroxyl groups excluding tert-OH is 1. The molecule has 0 spiro atoms. The normalized spacial score (nSPS) is 28.1. The van der Waals surface area contributed by atoms with Gasteiger partial charge in [-0.05, 0) is 12.8 Å². The van der Waals surface area contributed by atoms with Crippen LogP contribution in [-0.2, 0) is 4.79 Å². The van der Waals surface area contributed by atoms with E-state index in [-0.39, 0.29) is 5.78 Å². The van der Waals surface area contributed by atoms with E-state index < -0.39 is 6.10 Å². The summed E-state index contributed by atoms with van der Waals surface area (Å²) in [7, 11) is 0. The Morgan fingerprint density at radius 3 is 2.85 bits per heavy atom. The Bertz CT molecular complexity index is 277. The average Bonchev–Trinajstić information content (AvgIpc) is 2.62. The lowest BCUT2D eigenvalue weighted by atomic mass is 10.1. The first-order valence-corrected chi connectivity index (χ1v) is 4.50. The summed E-state index contributed by atoms with van der Waals surface area (Å²) >= 11 is 0. The number of aliphatic imine (C=N–C) groups is 1. The molecule has 0 aliphatic carbocycles. The van der Waals surface area contributed by atoms with Crippen LogP contribution in [0.2, 0.25) is 0 Å². The predicted molar refractivity (Wildman–Crippen MR) is 48.4 cm³/mol. The van der Waals surface area contributed by atoms with Crippen molar-refractivity contribution in [2.24, 2.45) is 4.99 Å². The monoisotopic (exact) mass is 180 g/mol. The fourth-order valence-corrected chi connectivity index (χ4v) is 1.67. The molecule has 1 unspecified atom stereocenters. The lowest BCUT2D eigenvalue weighted by Crippen LogP contribution is -2.34. The van der Waals surface area contributed by atoms with E-state index in [2.05, 4.69) is 4.99 Å². The maximum atomic E-state index is 11.5. The van der Waals surface area contributed by atoms with Crippen molar-refractivity contribution in [1.82, 2.24) is 4.90 Å². The van der Waals surface area contributed by atoms with E-state index in [9.17, 15) is 9.90 Å². The van der Waals surface area contributed by atoms with E-state index in [1.807, 2.05) is 4.90 Å². The summed E-state index contributed by atoms with van der Waals surface area (Å²) in [6.45, 7) is 1.81. The predicted octanol–water partition coefficient (Wildman–Crippen LogP) is -0.0620. The number of nitrogens with zero attached hydrogens (tertiary/aromatic N) is 2. The summed E-state index contributed by atoms with van der Waals surface area (Å²) in [6, 6.07) is 0. The van der Waals surface area contributed by atoms with Crippen LogP contribution in [0.15, 0.2) is 16.9 Å². The Balaban J connectivity index is 2.17. The first-order valence-electron chi connectivity index (χ1n) is 4.50. The minimum absolute atomic E-state index is 0.225. The minimum atomic E-state index is -1.04. The molecule has 4 heteroatoms. The van der Waals surface area contributed by atoms with E-state index in [4.69, 9.17) is 0 Å². The number of aliphatic hydroxyl groups is 1. The van der Waals surface area contributed by atoms with Gasteiger partial charge in [-0.25, -0.2) is 0 Å². The second kappa shape index (κ2) is 3.30. The van der Waals surface area contributed by atoms with Crippen LogP contribution >= 0.6 is 0 Å². The summed E-state index contributed by atoms with van der Waals surface area (Å²) in [6.07, 6.45) is 4.00. The van der Waals surface area contributed by atoms with Gasteiger partial charge in [-0.15, -0.1) is 0 Å². The molecule has 0 radical (unpaired) electrons. The summed E-state index contributed by atoms with van der Waals surface area (Å²) in [5.74, 6) is -0.225. The molecule has 4 nitrogen and oxygen atoms in total. The van der Waals surface area contributed by atoms with Crippen molar-refractivity contribution < 1.29 is 9.90 Å². The Labute approximate surface area is 76.6 Å². The maximum absolute atomic E-state index is 11.5. The molecule has 13 heavy (non-hydrogen) atoms. The van der Waals surface area contributed by atoms with Crippen LogP contribution in [0.25, 0.3) is 0 Å². The first-order chi connectivity index (χ1) is 6.29. The van der Waals surface area contributed by atoms with Gasteiger partial charge >= 0.3 is 0 Å². The molecule has 0 bridgehead atoms. The smallest absolute Gasteiger partial charge is 0.214 e. The van der Waals surface area contributed by atoms with Gasteiger partial charge in [0.25, 0.3) is 0 Å². The Hall–Kier alpha value is -1.16. The number of ketones is 1. The molecular weight excluding hydrogens is 168 g/mol.